The summed E-state index contributed by atoms with van der Waals surface area (Å²) in [6, 6.07) is 7.73. The number of fused-ring (bicyclic) bond motifs is 2. The Kier molecular flexibility index (Phi) is 6.27. The molecule has 1 aromatic carbocycles. The number of halogens is 1. The summed E-state index contributed by atoms with van der Waals surface area (Å²) in [5, 5.41) is 8.73. The highest BCUT2D eigenvalue weighted by atomic mass is 35.5. The predicted octanol–water partition coefficient (Wildman–Crippen LogP) is 3.48. The molecule has 2 atom stereocenters. The van der Waals surface area contributed by atoms with E-state index >= 15 is 0 Å². The van der Waals surface area contributed by atoms with Crippen molar-refractivity contribution in [2.75, 3.05) is 10.6 Å². The maximum atomic E-state index is 12.7. The molecule has 6 nitrogen and oxygen atoms in total. The lowest BCUT2D eigenvalue weighted by atomic mass is 9.65. The standard InChI is InChI=1S/C20H28N4O2.ClH/c21-18-12-2-1-3-13(18)11-14(10-12)19(25)22-15-4-6-16(7-5-15)23-20(26)24-17-8-9-17;/h4-7,12-14,17-18H,1-3,8-11,21H2,(H,22,25)(H2,23,24,26);1H. The highest BCUT2D eigenvalue weighted by Gasteiger charge is 2.40. The normalized spacial score (nSPS) is 29.2. The zero-order valence-electron chi connectivity index (χ0n) is 15.4. The van der Waals surface area contributed by atoms with Crippen LogP contribution in [0.25, 0.3) is 0 Å². The van der Waals surface area contributed by atoms with E-state index < -0.39 is 0 Å². The Bertz CT molecular complexity index is 663. The van der Waals surface area contributed by atoms with E-state index in [-0.39, 0.29) is 36.3 Å². The van der Waals surface area contributed by atoms with Crippen LogP contribution >= 0.6 is 12.4 Å². The number of carbonyl (C=O) groups excluding carboxylic acids is 2. The molecule has 0 aliphatic heterocycles. The van der Waals surface area contributed by atoms with Gasteiger partial charge in [0.15, 0.2) is 0 Å². The van der Waals surface area contributed by atoms with Crippen LogP contribution in [0.15, 0.2) is 24.3 Å². The van der Waals surface area contributed by atoms with E-state index in [0.717, 1.165) is 49.9 Å². The molecule has 3 aliphatic carbocycles. The highest BCUT2D eigenvalue weighted by Crippen LogP contribution is 2.42. The minimum Gasteiger partial charge on any atom is -0.335 e. The van der Waals surface area contributed by atoms with Crippen molar-refractivity contribution in [3.8, 4) is 0 Å². The topological polar surface area (TPSA) is 96.2 Å². The first-order valence-electron chi connectivity index (χ1n) is 9.82. The van der Waals surface area contributed by atoms with Gasteiger partial charge in [-0.15, -0.1) is 12.4 Å². The minimum absolute atomic E-state index is 0. The zero-order valence-corrected chi connectivity index (χ0v) is 16.3. The van der Waals surface area contributed by atoms with Gasteiger partial charge < -0.3 is 21.7 Å². The van der Waals surface area contributed by atoms with Gasteiger partial charge in [0.2, 0.25) is 5.91 Å². The van der Waals surface area contributed by atoms with Crippen LogP contribution in [0.2, 0.25) is 0 Å². The third kappa shape index (κ3) is 4.93. The molecule has 148 valence electrons. The van der Waals surface area contributed by atoms with Crippen molar-refractivity contribution in [3.05, 3.63) is 24.3 Å². The van der Waals surface area contributed by atoms with Crippen molar-refractivity contribution in [2.45, 2.75) is 57.0 Å². The van der Waals surface area contributed by atoms with E-state index in [4.69, 9.17) is 5.73 Å². The van der Waals surface area contributed by atoms with Crippen molar-refractivity contribution in [2.24, 2.45) is 23.5 Å². The number of hydrogen-bond acceptors (Lipinski definition) is 3. The molecule has 27 heavy (non-hydrogen) atoms. The Labute approximate surface area is 166 Å². The van der Waals surface area contributed by atoms with Gasteiger partial charge >= 0.3 is 6.03 Å². The summed E-state index contributed by atoms with van der Waals surface area (Å²) in [7, 11) is 0. The molecular weight excluding hydrogens is 364 g/mol. The largest absolute Gasteiger partial charge is 0.335 e. The molecule has 0 heterocycles. The van der Waals surface area contributed by atoms with E-state index in [1.165, 1.54) is 6.42 Å². The van der Waals surface area contributed by atoms with Gasteiger partial charge in [0.1, 0.15) is 0 Å². The van der Waals surface area contributed by atoms with Crippen LogP contribution in [-0.2, 0) is 4.79 Å². The molecule has 4 rings (SSSR count). The van der Waals surface area contributed by atoms with Crippen LogP contribution in [0.5, 0.6) is 0 Å². The van der Waals surface area contributed by atoms with Crippen LogP contribution in [0.1, 0.15) is 44.9 Å². The Hall–Kier alpha value is -1.79. The zero-order chi connectivity index (χ0) is 18.1. The van der Waals surface area contributed by atoms with Crippen molar-refractivity contribution < 1.29 is 9.59 Å². The Morgan fingerprint density at radius 1 is 0.889 bits per heavy atom. The van der Waals surface area contributed by atoms with Crippen molar-refractivity contribution in [3.63, 3.8) is 0 Å². The second-order valence-electron chi connectivity index (χ2n) is 8.14. The lowest BCUT2D eigenvalue weighted by Gasteiger charge is -2.43. The van der Waals surface area contributed by atoms with Crippen LogP contribution in [0.3, 0.4) is 0 Å². The van der Waals surface area contributed by atoms with Gasteiger partial charge in [-0.25, -0.2) is 4.79 Å². The van der Waals surface area contributed by atoms with Crippen molar-refractivity contribution >= 4 is 35.7 Å². The first-order chi connectivity index (χ1) is 12.6. The van der Waals surface area contributed by atoms with Gasteiger partial charge in [0, 0.05) is 29.4 Å². The molecule has 2 unspecified atom stereocenters. The fourth-order valence-electron chi connectivity index (χ4n) is 4.46. The number of nitrogens with two attached hydrogens (primary N) is 1. The van der Waals surface area contributed by atoms with Crippen molar-refractivity contribution in [1.29, 1.82) is 0 Å². The number of benzene rings is 1. The first kappa shape index (κ1) is 20.0. The summed E-state index contributed by atoms with van der Waals surface area (Å²) in [6.45, 7) is 0. The van der Waals surface area contributed by atoms with E-state index in [0.29, 0.717) is 17.9 Å². The number of nitrogens with one attached hydrogen (secondary N) is 3. The summed E-state index contributed by atoms with van der Waals surface area (Å²) in [5.41, 5.74) is 7.81. The number of urea groups is 1. The van der Waals surface area contributed by atoms with Gasteiger partial charge in [-0.3, -0.25) is 4.79 Å². The molecular formula is C20H29ClN4O2. The maximum absolute atomic E-state index is 12.7. The van der Waals surface area contributed by atoms with Crippen LogP contribution in [-0.4, -0.2) is 24.0 Å². The lowest BCUT2D eigenvalue weighted by molar-refractivity contribution is -0.122. The number of amides is 3. The fraction of sp³-hybridized carbons (Fsp3) is 0.600. The second-order valence-corrected chi connectivity index (χ2v) is 8.14. The maximum Gasteiger partial charge on any atom is 0.319 e. The SMILES string of the molecule is Cl.NC1C2CCCC1CC(C(=O)Nc1ccc(NC(=O)NC3CC3)cc1)C2. The van der Waals surface area contributed by atoms with Gasteiger partial charge in [-0.1, -0.05) is 6.42 Å². The number of rotatable bonds is 4. The summed E-state index contributed by atoms with van der Waals surface area (Å²) >= 11 is 0. The van der Waals surface area contributed by atoms with Gasteiger partial charge in [-0.05, 0) is 74.6 Å². The number of carbonyl (C=O) groups is 2. The molecule has 7 heteroatoms. The van der Waals surface area contributed by atoms with E-state index in [2.05, 4.69) is 16.0 Å². The summed E-state index contributed by atoms with van der Waals surface area (Å²) in [4.78, 5) is 24.4. The Morgan fingerprint density at radius 3 is 2.00 bits per heavy atom. The molecule has 3 aliphatic rings. The summed E-state index contributed by atoms with van der Waals surface area (Å²) in [6.07, 6.45) is 7.50. The molecule has 5 N–H and O–H groups in total. The van der Waals surface area contributed by atoms with Gasteiger partial charge in [0.05, 0.1) is 0 Å². The summed E-state index contributed by atoms with van der Waals surface area (Å²) in [5.74, 6) is 1.15. The van der Waals surface area contributed by atoms with E-state index in [9.17, 15) is 9.59 Å². The third-order valence-electron chi connectivity index (χ3n) is 6.11. The van der Waals surface area contributed by atoms with E-state index in [1.54, 1.807) is 0 Å². The van der Waals surface area contributed by atoms with Crippen molar-refractivity contribution in [1.82, 2.24) is 5.32 Å². The molecule has 3 amide bonds. The van der Waals surface area contributed by atoms with Crippen LogP contribution in [0, 0.1) is 17.8 Å². The molecule has 1 aromatic rings. The monoisotopic (exact) mass is 392 g/mol. The molecule has 3 fully saturated rings. The molecule has 0 saturated heterocycles. The lowest BCUT2D eigenvalue weighted by Crippen LogP contribution is -2.48. The van der Waals surface area contributed by atoms with Crippen LogP contribution in [0.4, 0.5) is 16.2 Å². The third-order valence-corrected chi connectivity index (χ3v) is 6.11. The molecule has 3 saturated carbocycles. The fourth-order valence-corrected chi connectivity index (χ4v) is 4.46. The second kappa shape index (κ2) is 8.48. The quantitative estimate of drug-likeness (QED) is 0.631. The number of anilines is 2. The van der Waals surface area contributed by atoms with Crippen LogP contribution < -0.4 is 21.7 Å². The first-order valence-corrected chi connectivity index (χ1v) is 9.82. The Balaban J connectivity index is 0.00000210. The van der Waals surface area contributed by atoms with Gasteiger partial charge in [-0.2, -0.15) is 0 Å². The van der Waals surface area contributed by atoms with Gasteiger partial charge in [0.25, 0.3) is 0 Å². The van der Waals surface area contributed by atoms with E-state index in [1.807, 2.05) is 24.3 Å². The highest BCUT2D eigenvalue weighted by molar-refractivity contribution is 5.93. The number of hydrogen-bond donors (Lipinski definition) is 4. The average Bonchev–Trinajstić information content (AvgIpc) is 3.40. The summed E-state index contributed by atoms with van der Waals surface area (Å²) < 4.78 is 0. The smallest absolute Gasteiger partial charge is 0.319 e. The predicted molar refractivity (Wildman–Crippen MR) is 109 cm³/mol. The Morgan fingerprint density at radius 2 is 1.44 bits per heavy atom. The molecule has 0 radical (unpaired) electrons. The average molecular weight is 393 g/mol. The molecule has 2 bridgehead atoms. The molecule has 0 spiro atoms. The minimum atomic E-state index is -0.172. The molecule has 0 aromatic heterocycles.